The third-order valence-corrected chi connectivity index (χ3v) is 2.49. The lowest BCUT2D eigenvalue weighted by molar-refractivity contribution is 0.668. The number of hydrogen-bond acceptors (Lipinski definition) is 2. The molecule has 1 atom stereocenters. The molecular weight excluding hydrogens is 164 g/mol. The molecule has 13 heavy (non-hydrogen) atoms. The molecule has 0 aromatic carbocycles. The quantitative estimate of drug-likeness (QED) is 0.755. The van der Waals surface area contributed by atoms with Gasteiger partial charge >= 0.3 is 0 Å². The van der Waals surface area contributed by atoms with Gasteiger partial charge in [0.15, 0.2) is 0 Å². The van der Waals surface area contributed by atoms with Crippen LogP contribution in [-0.4, -0.2) is 9.97 Å². The number of rotatable bonds is 2. The zero-order valence-corrected chi connectivity index (χ0v) is 8.64. The van der Waals surface area contributed by atoms with Crippen LogP contribution in [0.5, 0.6) is 0 Å². The molecule has 3 heteroatoms. The van der Waals surface area contributed by atoms with E-state index in [0.717, 1.165) is 17.9 Å². The first-order chi connectivity index (χ1) is 6.06. The standard InChI is InChI=1S/C10H16N2O/c1-5-6(2)9-11-8(4)7(3)10(13)12-9/h6H,5H2,1-4H3,(H,11,12,13). The molecule has 0 aliphatic rings. The molecule has 1 unspecified atom stereocenters. The molecule has 72 valence electrons. The van der Waals surface area contributed by atoms with Gasteiger partial charge in [-0.2, -0.15) is 0 Å². The minimum Gasteiger partial charge on any atom is -0.310 e. The lowest BCUT2D eigenvalue weighted by Crippen LogP contribution is -2.17. The van der Waals surface area contributed by atoms with Crippen molar-refractivity contribution in [1.29, 1.82) is 0 Å². The van der Waals surface area contributed by atoms with E-state index in [1.165, 1.54) is 0 Å². The fraction of sp³-hybridized carbons (Fsp3) is 0.600. The van der Waals surface area contributed by atoms with Gasteiger partial charge in [0, 0.05) is 17.2 Å². The van der Waals surface area contributed by atoms with Crippen LogP contribution in [0.2, 0.25) is 0 Å². The van der Waals surface area contributed by atoms with Crippen molar-refractivity contribution in [2.75, 3.05) is 0 Å². The predicted octanol–water partition coefficient (Wildman–Crippen LogP) is 1.90. The average molecular weight is 180 g/mol. The Labute approximate surface area is 78.2 Å². The van der Waals surface area contributed by atoms with Gasteiger partial charge in [-0.3, -0.25) is 4.79 Å². The van der Waals surface area contributed by atoms with Crippen LogP contribution < -0.4 is 5.56 Å². The third kappa shape index (κ3) is 1.97. The van der Waals surface area contributed by atoms with Crippen molar-refractivity contribution in [1.82, 2.24) is 9.97 Å². The largest absolute Gasteiger partial charge is 0.310 e. The molecule has 1 N–H and O–H groups in total. The maximum Gasteiger partial charge on any atom is 0.254 e. The van der Waals surface area contributed by atoms with E-state index in [-0.39, 0.29) is 5.56 Å². The molecule has 0 spiro atoms. The van der Waals surface area contributed by atoms with E-state index in [1.807, 2.05) is 6.92 Å². The van der Waals surface area contributed by atoms with Gasteiger partial charge in [0.1, 0.15) is 5.82 Å². The van der Waals surface area contributed by atoms with Gasteiger partial charge in [-0.25, -0.2) is 4.98 Å². The molecular formula is C10H16N2O. The summed E-state index contributed by atoms with van der Waals surface area (Å²) in [5.41, 5.74) is 1.54. The molecule has 1 aromatic rings. The van der Waals surface area contributed by atoms with Crippen LogP contribution in [0.4, 0.5) is 0 Å². The lowest BCUT2D eigenvalue weighted by atomic mass is 10.1. The smallest absolute Gasteiger partial charge is 0.254 e. The Hall–Kier alpha value is -1.12. The molecule has 0 radical (unpaired) electrons. The van der Waals surface area contributed by atoms with Gasteiger partial charge < -0.3 is 4.98 Å². The first kappa shape index (κ1) is 9.96. The summed E-state index contributed by atoms with van der Waals surface area (Å²) in [6.45, 7) is 7.81. The Bertz CT molecular complexity index is 354. The van der Waals surface area contributed by atoms with E-state index < -0.39 is 0 Å². The number of aryl methyl sites for hydroxylation is 1. The Kier molecular flexibility index (Phi) is 2.86. The average Bonchev–Trinajstić information content (AvgIpc) is 2.12. The molecule has 0 amide bonds. The highest BCUT2D eigenvalue weighted by Gasteiger charge is 2.08. The molecule has 0 aliphatic heterocycles. The summed E-state index contributed by atoms with van der Waals surface area (Å²) >= 11 is 0. The molecule has 1 aromatic heterocycles. The van der Waals surface area contributed by atoms with Gasteiger partial charge in [-0.15, -0.1) is 0 Å². The summed E-state index contributed by atoms with van der Waals surface area (Å²) in [6, 6.07) is 0. The molecule has 0 fully saturated rings. The third-order valence-electron chi connectivity index (χ3n) is 2.49. The van der Waals surface area contributed by atoms with Crippen LogP contribution in [-0.2, 0) is 0 Å². The summed E-state index contributed by atoms with van der Waals surface area (Å²) in [5.74, 6) is 1.13. The van der Waals surface area contributed by atoms with E-state index in [0.29, 0.717) is 11.5 Å². The van der Waals surface area contributed by atoms with Crippen molar-refractivity contribution in [3.8, 4) is 0 Å². The maximum atomic E-state index is 11.4. The van der Waals surface area contributed by atoms with Gasteiger partial charge in [-0.05, 0) is 20.3 Å². The van der Waals surface area contributed by atoms with E-state index in [9.17, 15) is 4.79 Å². The van der Waals surface area contributed by atoms with Gasteiger partial charge in [0.2, 0.25) is 0 Å². The molecule has 3 nitrogen and oxygen atoms in total. The maximum absolute atomic E-state index is 11.4. The number of hydrogen-bond donors (Lipinski definition) is 1. The number of H-pyrrole nitrogens is 1. The van der Waals surface area contributed by atoms with Crippen LogP contribution in [0.1, 0.15) is 43.3 Å². The fourth-order valence-corrected chi connectivity index (χ4v) is 1.09. The normalized spacial score (nSPS) is 12.9. The first-order valence-corrected chi connectivity index (χ1v) is 4.63. The molecule has 0 aliphatic carbocycles. The predicted molar refractivity (Wildman–Crippen MR) is 53.0 cm³/mol. The molecule has 0 saturated heterocycles. The van der Waals surface area contributed by atoms with E-state index in [4.69, 9.17) is 0 Å². The van der Waals surface area contributed by atoms with Crippen LogP contribution in [0.3, 0.4) is 0 Å². The Morgan fingerprint density at radius 1 is 1.46 bits per heavy atom. The van der Waals surface area contributed by atoms with E-state index in [1.54, 1.807) is 6.92 Å². The minimum atomic E-state index is -0.0113. The van der Waals surface area contributed by atoms with Crippen molar-refractivity contribution in [2.24, 2.45) is 0 Å². The molecule has 1 rings (SSSR count). The summed E-state index contributed by atoms with van der Waals surface area (Å²) in [7, 11) is 0. The molecule has 0 saturated carbocycles. The summed E-state index contributed by atoms with van der Waals surface area (Å²) in [5, 5.41) is 0. The first-order valence-electron chi connectivity index (χ1n) is 4.63. The number of aromatic nitrogens is 2. The van der Waals surface area contributed by atoms with E-state index in [2.05, 4.69) is 23.8 Å². The van der Waals surface area contributed by atoms with Crippen LogP contribution in [0.15, 0.2) is 4.79 Å². The Morgan fingerprint density at radius 2 is 2.08 bits per heavy atom. The molecule has 0 bridgehead atoms. The Morgan fingerprint density at radius 3 is 2.54 bits per heavy atom. The summed E-state index contributed by atoms with van der Waals surface area (Å²) in [6.07, 6.45) is 0.992. The van der Waals surface area contributed by atoms with Gasteiger partial charge in [0.05, 0.1) is 0 Å². The highest BCUT2D eigenvalue weighted by molar-refractivity contribution is 5.15. The topological polar surface area (TPSA) is 45.8 Å². The second kappa shape index (κ2) is 3.73. The SMILES string of the molecule is CCC(C)c1nc(C)c(C)c(=O)[nH]1. The highest BCUT2D eigenvalue weighted by atomic mass is 16.1. The Balaban J connectivity index is 3.21. The zero-order chi connectivity index (χ0) is 10.0. The van der Waals surface area contributed by atoms with Gasteiger partial charge in [0.25, 0.3) is 5.56 Å². The van der Waals surface area contributed by atoms with Crippen LogP contribution in [0.25, 0.3) is 0 Å². The minimum absolute atomic E-state index is 0.0113. The summed E-state index contributed by atoms with van der Waals surface area (Å²) < 4.78 is 0. The van der Waals surface area contributed by atoms with Crippen LogP contribution >= 0.6 is 0 Å². The number of aromatic amines is 1. The second-order valence-corrected chi connectivity index (χ2v) is 3.47. The zero-order valence-electron chi connectivity index (χ0n) is 8.64. The van der Waals surface area contributed by atoms with E-state index >= 15 is 0 Å². The lowest BCUT2D eigenvalue weighted by Gasteiger charge is -2.08. The van der Waals surface area contributed by atoms with Crippen molar-refractivity contribution < 1.29 is 0 Å². The summed E-state index contributed by atoms with van der Waals surface area (Å²) in [4.78, 5) is 18.5. The van der Waals surface area contributed by atoms with Crippen molar-refractivity contribution in [2.45, 2.75) is 40.0 Å². The second-order valence-electron chi connectivity index (χ2n) is 3.47. The van der Waals surface area contributed by atoms with Crippen LogP contribution in [0, 0.1) is 13.8 Å². The fourth-order valence-electron chi connectivity index (χ4n) is 1.09. The number of nitrogens with zero attached hydrogens (tertiary/aromatic N) is 1. The monoisotopic (exact) mass is 180 g/mol. The number of nitrogens with one attached hydrogen (secondary N) is 1. The van der Waals surface area contributed by atoms with Gasteiger partial charge in [-0.1, -0.05) is 13.8 Å². The van der Waals surface area contributed by atoms with Crippen molar-refractivity contribution >= 4 is 0 Å². The van der Waals surface area contributed by atoms with Crippen molar-refractivity contribution in [3.05, 3.63) is 27.4 Å². The molecule has 1 heterocycles. The van der Waals surface area contributed by atoms with Crippen molar-refractivity contribution in [3.63, 3.8) is 0 Å². The highest BCUT2D eigenvalue weighted by Crippen LogP contribution is 2.13.